The van der Waals surface area contributed by atoms with Gasteiger partial charge in [-0.15, -0.1) is 0 Å². The zero-order valence-corrected chi connectivity index (χ0v) is 12.0. The Morgan fingerprint density at radius 1 is 0.941 bits per heavy atom. The van der Waals surface area contributed by atoms with Crippen LogP contribution in [0.15, 0.2) is 24.3 Å². The summed E-state index contributed by atoms with van der Waals surface area (Å²) in [6.07, 6.45) is 0.865. The van der Waals surface area contributed by atoms with Gasteiger partial charge in [0.1, 0.15) is 13.1 Å². The zero-order valence-electron chi connectivity index (χ0n) is 12.0. The molecule has 0 atom stereocenters. The lowest BCUT2D eigenvalue weighted by atomic mass is 10.0. The second kappa shape index (κ2) is 17.0. The van der Waals surface area contributed by atoms with Gasteiger partial charge in [0.25, 0.3) is 0 Å². The first-order chi connectivity index (χ1) is 8.24. The highest BCUT2D eigenvalue weighted by Crippen LogP contribution is 2.13. The molecule has 0 heterocycles. The van der Waals surface area contributed by atoms with E-state index in [1.54, 1.807) is 0 Å². The van der Waals surface area contributed by atoms with E-state index in [0.29, 0.717) is 5.92 Å². The van der Waals surface area contributed by atoms with E-state index in [2.05, 4.69) is 13.8 Å². The third-order valence-corrected chi connectivity index (χ3v) is 1.74. The van der Waals surface area contributed by atoms with Crippen molar-refractivity contribution in [1.29, 1.82) is 0 Å². The van der Waals surface area contributed by atoms with E-state index in [0.717, 1.165) is 11.8 Å². The van der Waals surface area contributed by atoms with Gasteiger partial charge in [-0.3, -0.25) is 4.79 Å². The highest BCUT2D eigenvalue weighted by atomic mass is 16.1. The maximum absolute atomic E-state index is 10.3. The van der Waals surface area contributed by atoms with Crippen LogP contribution in [0.5, 0.6) is 0 Å². The predicted octanol–water partition coefficient (Wildman–Crippen LogP) is 4.49. The molecule has 0 unspecified atom stereocenters. The molecular formula is C15H26O2. The van der Waals surface area contributed by atoms with Crippen LogP contribution in [0.3, 0.4) is 0 Å². The highest BCUT2D eigenvalue weighted by molar-refractivity contribution is 5.74. The molecule has 0 aliphatic rings. The summed E-state index contributed by atoms with van der Waals surface area (Å²) in [5.41, 5.74) is 2.02. The monoisotopic (exact) mass is 238 g/mol. The molecule has 0 spiro atoms. The van der Waals surface area contributed by atoms with E-state index < -0.39 is 0 Å². The molecule has 0 saturated carbocycles. The molecule has 0 aliphatic carbocycles. The fraction of sp³-hybridized carbons (Fsp3) is 0.467. The fourth-order valence-electron chi connectivity index (χ4n) is 0.959. The quantitative estimate of drug-likeness (QED) is 0.711. The Kier molecular flexibility index (Phi) is 20.9. The molecule has 2 heteroatoms. The Bertz CT molecular complexity index is 250. The van der Waals surface area contributed by atoms with Crippen LogP contribution in [-0.2, 0) is 4.79 Å². The van der Waals surface area contributed by atoms with Crippen LogP contribution in [0.25, 0.3) is 0 Å². The van der Waals surface area contributed by atoms with E-state index in [9.17, 15) is 4.79 Å². The lowest BCUT2D eigenvalue weighted by molar-refractivity contribution is -0.0979. The van der Waals surface area contributed by atoms with Crippen LogP contribution in [0.1, 0.15) is 63.4 Å². The van der Waals surface area contributed by atoms with Gasteiger partial charge in [0.2, 0.25) is 0 Å². The van der Waals surface area contributed by atoms with Gasteiger partial charge >= 0.3 is 0 Å². The Labute approximate surface area is 106 Å². The van der Waals surface area contributed by atoms with Crippen LogP contribution in [0, 0.1) is 0 Å². The third-order valence-electron chi connectivity index (χ3n) is 1.74. The van der Waals surface area contributed by atoms with Gasteiger partial charge in [-0.25, -0.2) is 0 Å². The van der Waals surface area contributed by atoms with Crippen molar-refractivity contribution in [3.05, 3.63) is 35.4 Å². The molecule has 0 amide bonds. The van der Waals surface area contributed by atoms with Crippen molar-refractivity contribution in [2.75, 3.05) is 0 Å². The molecular weight excluding hydrogens is 212 g/mol. The molecule has 0 aliphatic heterocycles. The van der Waals surface area contributed by atoms with E-state index in [-0.39, 0.29) is 0 Å². The van der Waals surface area contributed by atoms with E-state index in [1.165, 1.54) is 5.56 Å². The second-order valence-corrected chi connectivity index (χ2v) is 2.94. The summed E-state index contributed by atoms with van der Waals surface area (Å²) in [6, 6.07) is 7.69. The highest BCUT2D eigenvalue weighted by Gasteiger charge is 1.96. The summed E-state index contributed by atoms with van der Waals surface area (Å²) in [5, 5.41) is 0. The maximum Gasteiger partial charge on any atom is 0.150 e. The number of aldehydes is 1. The summed E-state index contributed by atoms with van der Waals surface area (Å²) in [7, 11) is 0. The first-order valence-electron chi connectivity index (χ1n) is 6.08. The summed E-state index contributed by atoms with van der Waals surface area (Å²) < 4.78 is 0. The van der Waals surface area contributed by atoms with E-state index >= 15 is 0 Å². The molecule has 17 heavy (non-hydrogen) atoms. The first-order valence-corrected chi connectivity index (χ1v) is 6.08. The summed E-state index contributed by atoms with van der Waals surface area (Å²) in [5.74, 6) is 0.538. The lowest BCUT2D eigenvalue weighted by Gasteiger charge is -2.03. The molecule has 0 fully saturated rings. The van der Waals surface area contributed by atoms with Crippen molar-refractivity contribution < 1.29 is 9.59 Å². The molecule has 0 saturated heterocycles. The average molecular weight is 238 g/mol. The summed E-state index contributed by atoms with van der Waals surface area (Å²) >= 11 is 0. The molecule has 1 rings (SSSR count). The molecule has 0 aromatic heterocycles. The minimum Gasteiger partial charge on any atom is -0.307 e. The Morgan fingerprint density at radius 3 is 1.53 bits per heavy atom. The molecule has 0 bridgehead atoms. The van der Waals surface area contributed by atoms with Crippen LogP contribution in [0.4, 0.5) is 0 Å². The molecule has 1 aromatic carbocycles. The molecule has 0 radical (unpaired) electrons. The Balaban J connectivity index is -0.000000285. The van der Waals surface area contributed by atoms with E-state index in [1.807, 2.05) is 58.7 Å². The van der Waals surface area contributed by atoms with E-state index in [4.69, 9.17) is 4.79 Å². The van der Waals surface area contributed by atoms with Crippen molar-refractivity contribution in [1.82, 2.24) is 0 Å². The second-order valence-electron chi connectivity index (χ2n) is 2.94. The van der Waals surface area contributed by atoms with Gasteiger partial charge in [-0.05, 0) is 11.5 Å². The number of rotatable bonds is 2. The zero-order chi connectivity index (χ0) is 14.3. The van der Waals surface area contributed by atoms with Gasteiger partial charge in [-0.1, -0.05) is 65.8 Å². The Morgan fingerprint density at radius 2 is 1.29 bits per heavy atom. The number of benzene rings is 1. The number of carbonyl (C=O) groups excluding carboxylic acids is 2. The molecule has 2 nitrogen and oxygen atoms in total. The Hall–Kier alpha value is -1.44. The van der Waals surface area contributed by atoms with Crippen molar-refractivity contribution in [3.63, 3.8) is 0 Å². The molecule has 0 N–H and O–H groups in total. The lowest BCUT2D eigenvalue weighted by Crippen LogP contribution is -1.87. The first kappa shape index (κ1) is 20.9. The summed E-state index contributed by atoms with van der Waals surface area (Å²) in [6.45, 7) is 14.3. The standard InChI is InChI=1S/C10H12O.2C2H6.CH2O/c1-8(2)10-5-3-9(7-11)4-6-10;3*1-2/h3-8H,1-2H3;2*1-2H3;1H2. The minimum atomic E-state index is 0.538. The minimum absolute atomic E-state index is 0.538. The van der Waals surface area contributed by atoms with Crippen molar-refractivity contribution >= 4 is 13.1 Å². The van der Waals surface area contributed by atoms with Crippen LogP contribution in [0.2, 0.25) is 0 Å². The van der Waals surface area contributed by atoms with Gasteiger partial charge < -0.3 is 4.79 Å². The maximum atomic E-state index is 10.3. The molecule has 1 aromatic rings. The van der Waals surface area contributed by atoms with Gasteiger partial charge in [0, 0.05) is 5.56 Å². The predicted molar refractivity (Wildman–Crippen MR) is 75.7 cm³/mol. The smallest absolute Gasteiger partial charge is 0.150 e. The number of carbonyl (C=O) groups is 2. The number of hydrogen-bond donors (Lipinski definition) is 0. The average Bonchev–Trinajstić information content (AvgIpc) is 2.45. The number of hydrogen-bond acceptors (Lipinski definition) is 2. The van der Waals surface area contributed by atoms with Crippen molar-refractivity contribution in [2.24, 2.45) is 0 Å². The van der Waals surface area contributed by atoms with Crippen LogP contribution < -0.4 is 0 Å². The summed E-state index contributed by atoms with van der Waals surface area (Å²) in [4.78, 5) is 18.3. The van der Waals surface area contributed by atoms with Crippen molar-refractivity contribution in [2.45, 2.75) is 47.5 Å². The SMILES string of the molecule is C=O.CC.CC.CC(C)c1ccc(C=O)cc1. The topological polar surface area (TPSA) is 34.1 Å². The normalized spacial score (nSPS) is 7.47. The molecule has 98 valence electrons. The van der Waals surface area contributed by atoms with Gasteiger partial charge in [-0.2, -0.15) is 0 Å². The largest absolute Gasteiger partial charge is 0.307 e. The van der Waals surface area contributed by atoms with Gasteiger partial charge in [0.05, 0.1) is 0 Å². The van der Waals surface area contributed by atoms with Crippen LogP contribution >= 0.6 is 0 Å². The third kappa shape index (κ3) is 10.8. The van der Waals surface area contributed by atoms with Crippen molar-refractivity contribution in [3.8, 4) is 0 Å². The van der Waals surface area contributed by atoms with Crippen LogP contribution in [-0.4, -0.2) is 13.1 Å². The van der Waals surface area contributed by atoms with Gasteiger partial charge in [0.15, 0.2) is 0 Å². The fourth-order valence-corrected chi connectivity index (χ4v) is 0.959.